The molecule has 6 heteroatoms. The molecule has 144 valence electrons. The monoisotopic (exact) mass is 416 g/mol. The number of nitrogens with zero attached hydrogens (tertiary/aromatic N) is 2. The number of hydrogen-bond acceptors (Lipinski definition) is 2. The van der Waals surface area contributed by atoms with Crippen LogP contribution in [0.4, 0.5) is 0 Å². The number of halogens is 3. The largest absolute Gasteiger partial charge is 0.338 e. The van der Waals surface area contributed by atoms with Gasteiger partial charge in [-0.3, -0.25) is 4.79 Å². The maximum atomic E-state index is 13.1. The molecule has 2 aliphatic heterocycles. The summed E-state index contributed by atoms with van der Waals surface area (Å²) in [5, 5.41) is 1.03. The molecule has 0 aromatic heterocycles. The van der Waals surface area contributed by atoms with E-state index in [1.54, 1.807) is 18.2 Å². The number of benzene rings is 1. The molecule has 1 aromatic carbocycles. The quantitative estimate of drug-likeness (QED) is 0.642. The van der Waals surface area contributed by atoms with Crippen LogP contribution in [-0.4, -0.2) is 48.9 Å². The van der Waals surface area contributed by atoms with E-state index in [-0.39, 0.29) is 18.3 Å². The first kappa shape index (κ1) is 20.3. The van der Waals surface area contributed by atoms with Crippen molar-refractivity contribution >= 4 is 41.5 Å². The van der Waals surface area contributed by atoms with Gasteiger partial charge in [0.1, 0.15) is 0 Å². The zero-order chi connectivity index (χ0) is 17.6. The molecule has 2 saturated heterocycles. The van der Waals surface area contributed by atoms with Gasteiger partial charge in [-0.15, -0.1) is 12.4 Å². The molecular formula is C20H27Cl3N2O. The average Bonchev–Trinajstić information content (AvgIpc) is 2.56. The van der Waals surface area contributed by atoms with E-state index in [9.17, 15) is 4.79 Å². The Morgan fingerprint density at radius 1 is 1.04 bits per heavy atom. The smallest absolute Gasteiger partial charge is 0.255 e. The molecule has 3 aliphatic rings. The van der Waals surface area contributed by atoms with E-state index in [2.05, 4.69) is 16.8 Å². The van der Waals surface area contributed by atoms with Crippen molar-refractivity contribution < 1.29 is 4.79 Å². The van der Waals surface area contributed by atoms with Crippen LogP contribution in [0.15, 0.2) is 18.2 Å². The van der Waals surface area contributed by atoms with Gasteiger partial charge < -0.3 is 9.80 Å². The Balaban J connectivity index is 0.00000196. The summed E-state index contributed by atoms with van der Waals surface area (Å²) in [6, 6.07) is 5.18. The minimum Gasteiger partial charge on any atom is -0.338 e. The summed E-state index contributed by atoms with van der Waals surface area (Å²) in [6.45, 7) is 3.93. The third kappa shape index (κ3) is 3.48. The maximum absolute atomic E-state index is 13.1. The summed E-state index contributed by atoms with van der Waals surface area (Å²) >= 11 is 12.3. The van der Waals surface area contributed by atoms with E-state index in [0.717, 1.165) is 26.2 Å². The van der Waals surface area contributed by atoms with E-state index < -0.39 is 0 Å². The Morgan fingerprint density at radius 3 is 2.23 bits per heavy atom. The topological polar surface area (TPSA) is 23.6 Å². The van der Waals surface area contributed by atoms with Crippen LogP contribution in [0, 0.1) is 17.3 Å². The van der Waals surface area contributed by atoms with E-state index >= 15 is 0 Å². The predicted molar refractivity (Wildman–Crippen MR) is 110 cm³/mol. The number of hydrogen-bond donors (Lipinski definition) is 0. The van der Waals surface area contributed by atoms with Gasteiger partial charge in [-0.2, -0.15) is 0 Å². The van der Waals surface area contributed by atoms with Gasteiger partial charge in [0.2, 0.25) is 0 Å². The molecule has 2 bridgehead atoms. The van der Waals surface area contributed by atoms with Crippen molar-refractivity contribution in [1.82, 2.24) is 9.80 Å². The SMILES string of the molecule is CN1CC2CN(C(=O)c3ccc(Cl)cc3Cl)CC(C1)C21CCCCC1.Cl. The van der Waals surface area contributed by atoms with Crippen molar-refractivity contribution in [3.05, 3.63) is 33.8 Å². The van der Waals surface area contributed by atoms with Crippen molar-refractivity contribution in [2.24, 2.45) is 17.3 Å². The highest BCUT2D eigenvalue weighted by molar-refractivity contribution is 6.36. The summed E-state index contributed by atoms with van der Waals surface area (Å²) in [7, 11) is 2.23. The Morgan fingerprint density at radius 2 is 1.65 bits per heavy atom. The first-order valence-electron chi connectivity index (χ1n) is 9.42. The van der Waals surface area contributed by atoms with Crippen molar-refractivity contribution in [3.63, 3.8) is 0 Å². The van der Waals surface area contributed by atoms with Gasteiger partial charge in [0, 0.05) is 31.2 Å². The van der Waals surface area contributed by atoms with Crippen molar-refractivity contribution in [1.29, 1.82) is 0 Å². The standard InChI is InChI=1S/C20H26Cl2N2O.ClH/c1-23-10-14-12-24(19(25)17-6-5-16(21)9-18(17)22)13-15(11-23)20(14)7-3-2-4-8-20;/h5-6,9,14-15H,2-4,7-8,10-13H2,1H3;1H. The van der Waals surface area contributed by atoms with Crippen LogP contribution in [-0.2, 0) is 0 Å². The highest BCUT2D eigenvalue weighted by Crippen LogP contribution is 2.53. The second-order valence-corrected chi connectivity index (χ2v) is 9.09. The highest BCUT2D eigenvalue weighted by Gasteiger charge is 2.53. The van der Waals surface area contributed by atoms with E-state index in [1.165, 1.54) is 32.1 Å². The first-order chi connectivity index (χ1) is 12.0. The van der Waals surface area contributed by atoms with Crippen LogP contribution >= 0.6 is 35.6 Å². The molecule has 4 rings (SSSR count). The number of piperidine rings is 2. The molecule has 1 aliphatic carbocycles. The maximum Gasteiger partial charge on any atom is 0.255 e. The molecule has 3 nitrogen and oxygen atoms in total. The Bertz CT molecular complexity index is 657. The molecule has 3 fully saturated rings. The third-order valence-electron chi connectivity index (χ3n) is 6.80. The molecular weight excluding hydrogens is 391 g/mol. The van der Waals surface area contributed by atoms with Gasteiger partial charge in [0.25, 0.3) is 5.91 Å². The average molecular weight is 418 g/mol. The highest BCUT2D eigenvalue weighted by atomic mass is 35.5. The Kier molecular flexibility index (Phi) is 6.13. The zero-order valence-corrected chi connectivity index (χ0v) is 17.5. The van der Waals surface area contributed by atoms with Crippen molar-refractivity contribution in [3.8, 4) is 0 Å². The minimum atomic E-state index is 0. The van der Waals surface area contributed by atoms with Crippen LogP contribution in [0.2, 0.25) is 10.0 Å². The summed E-state index contributed by atoms with van der Waals surface area (Å²) in [4.78, 5) is 17.6. The number of carbonyl (C=O) groups is 1. The molecule has 0 radical (unpaired) electrons. The molecule has 2 atom stereocenters. The van der Waals surface area contributed by atoms with Crippen LogP contribution in [0.25, 0.3) is 0 Å². The molecule has 1 aromatic rings. The van der Waals surface area contributed by atoms with Crippen molar-refractivity contribution in [2.75, 3.05) is 33.2 Å². The fourth-order valence-corrected chi connectivity index (χ4v) is 6.12. The van der Waals surface area contributed by atoms with Gasteiger partial charge in [-0.1, -0.05) is 42.5 Å². The number of carbonyl (C=O) groups excluding carboxylic acids is 1. The summed E-state index contributed by atoms with van der Waals surface area (Å²) in [6.07, 6.45) is 6.78. The fraction of sp³-hybridized carbons (Fsp3) is 0.650. The second kappa shape index (κ2) is 7.87. The lowest BCUT2D eigenvalue weighted by Crippen LogP contribution is -2.63. The van der Waals surface area contributed by atoms with Gasteiger partial charge >= 0.3 is 0 Å². The third-order valence-corrected chi connectivity index (χ3v) is 7.35. The molecule has 1 saturated carbocycles. The lowest BCUT2D eigenvalue weighted by atomic mass is 9.55. The fourth-order valence-electron chi connectivity index (χ4n) is 5.64. The first-order valence-corrected chi connectivity index (χ1v) is 10.2. The summed E-state index contributed by atoms with van der Waals surface area (Å²) in [5.74, 6) is 1.23. The van der Waals surface area contributed by atoms with Crippen LogP contribution in [0.3, 0.4) is 0 Å². The van der Waals surface area contributed by atoms with Gasteiger partial charge in [-0.05, 0) is 55.3 Å². The van der Waals surface area contributed by atoms with Crippen molar-refractivity contribution in [2.45, 2.75) is 32.1 Å². The summed E-state index contributed by atoms with van der Waals surface area (Å²) < 4.78 is 0. The van der Waals surface area contributed by atoms with Crippen LogP contribution in [0.1, 0.15) is 42.5 Å². The normalized spacial score (nSPS) is 27.9. The van der Waals surface area contributed by atoms with Gasteiger partial charge in [0.05, 0.1) is 10.6 Å². The molecule has 2 heterocycles. The molecule has 0 N–H and O–H groups in total. The van der Waals surface area contributed by atoms with Gasteiger partial charge in [-0.25, -0.2) is 0 Å². The summed E-state index contributed by atoms with van der Waals surface area (Å²) in [5.41, 5.74) is 1.04. The minimum absolute atomic E-state index is 0. The van der Waals surface area contributed by atoms with E-state index in [4.69, 9.17) is 23.2 Å². The Labute approximate surface area is 172 Å². The molecule has 1 spiro atoms. The van der Waals surface area contributed by atoms with Crippen LogP contribution < -0.4 is 0 Å². The lowest BCUT2D eigenvalue weighted by Gasteiger charge is -2.59. The molecule has 1 amide bonds. The van der Waals surface area contributed by atoms with Crippen LogP contribution in [0.5, 0.6) is 0 Å². The Hall–Kier alpha value is -0.480. The lowest BCUT2D eigenvalue weighted by molar-refractivity contribution is -0.0960. The van der Waals surface area contributed by atoms with E-state index in [1.807, 2.05) is 0 Å². The molecule has 2 unspecified atom stereocenters. The number of amides is 1. The molecule has 26 heavy (non-hydrogen) atoms. The second-order valence-electron chi connectivity index (χ2n) is 8.24. The number of likely N-dealkylation sites (tertiary alicyclic amines) is 2. The predicted octanol–water partition coefficient (Wildman–Crippen LogP) is 5.00. The van der Waals surface area contributed by atoms with E-state index in [0.29, 0.717) is 32.9 Å². The zero-order valence-electron chi connectivity index (χ0n) is 15.2. The number of rotatable bonds is 1. The van der Waals surface area contributed by atoms with Gasteiger partial charge in [0.15, 0.2) is 0 Å².